The third-order valence-corrected chi connectivity index (χ3v) is 3.31. The lowest BCUT2D eigenvalue weighted by molar-refractivity contribution is -0.170. The zero-order chi connectivity index (χ0) is 12.7. The van der Waals surface area contributed by atoms with E-state index in [1.165, 1.54) is 24.3 Å². The molecule has 2 N–H and O–H groups in total. The van der Waals surface area contributed by atoms with Crippen molar-refractivity contribution in [3.63, 3.8) is 0 Å². The molecule has 0 amide bonds. The molecular formula is C12H12F2O3. The largest absolute Gasteiger partial charge is 0.479 e. The average Bonchev–Trinajstić information content (AvgIpc) is 3.10. The molecule has 1 fully saturated rings. The molecule has 1 unspecified atom stereocenters. The fourth-order valence-corrected chi connectivity index (χ4v) is 2.07. The molecule has 0 aromatic heterocycles. The van der Waals surface area contributed by atoms with Crippen LogP contribution in [-0.4, -0.2) is 22.3 Å². The summed E-state index contributed by atoms with van der Waals surface area (Å²) in [5.74, 6) is -4.93. The molecule has 0 bridgehead atoms. The molecule has 1 aliphatic rings. The summed E-state index contributed by atoms with van der Waals surface area (Å²) in [5, 5.41) is 18.1. The molecule has 1 aromatic carbocycles. The second kappa shape index (κ2) is 3.77. The number of alkyl halides is 2. The van der Waals surface area contributed by atoms with Crippen LogP contribution in [0.5, 0.6) is 0 Å². The second-order valence-corrected chi connectivity index (χ2v) is 4.34. The van der Waals surface area contributed by atoms with Gasteiger partial charge >= 0.3 is 5.97 Å². The Bertz CT molecular complexity index is 427. The minimum Gasteiger partial charge on any atom is -0.479 e. The first kappa shape index (κ1) is 12.0. The van der Waals surface area contributed by atoms with Gasteiger partial charge in [0.2, 0.25) is 0 Å². The normalized spacial score (nSPS) is 19.7. The summed E-state index contributed by atoms with van der Waals surface area (Å²) in [7, 11) is 0. The Morgan fingerprint density at radius 1 is 1.29 bits per heavy atom. The molecule has 0 spiro atoms. The summed E-state index contributed by atoms with van der Waals surface area (Å²) in [4.78, 5) is 10.7. The Morgan fingerprint density at radius 2 is 1.82 bits per heavy atom. The Labute approximate surface area is 96.7 Å². The van der Waals surface area contributed by atoms with Crippen LogP contribution in [-0.2, 0) is 10.7 Å². The number of benzene rings is 1. The summed E-state index contributed by atoms with van der Waals surface area (Å²) in [6, 6.07) is 7.02. The van der Waals surface area contributed by atoms with Crippen LogP contribution in [0.2, 0.25) is 0 Å². The number of rotatable bonds is 4. The number of halogens is 2. The number of hydrogen-bond acceptors (Lipinski definition) is 2. The van der Waals surface area contributed by atoms with Crippen molar-refractivity contribution in [2.24, 2.45) is 5.41 Å². The minimum absolute atomic E-state index is 0.0162. The topological polar surface area (TPSA) is 57.5 Å². The van der Waals surface area contributed by atoms with E-state index < -0.39 is 23.4 Å². The van der Waals surface area contributed by atoms with Crippen molar-refractivity contribution >= 4 is 5.97 Å². The molecule has 0 radical (unpaired) electrons. The zero-order valence-electron chi connectivity index (χ0n) is 8.94. The molecule has 17 heavy (non-hydrogen) atoms. The number of carbonyl (C=O) groups is 1. The third-order valence-electron chi connectivity index (χ3n) is 3.31. The number of aliphatic carboxylic acids is 1. The Balaban J connectivity index is 2.36. The summed E-state index contributed by atoms with van der Waals surface area (Å²) in [6.45, 7) is 0. The highest BCUT2D eigenvalue weighted by molar-refractivity contribution is 5.74. The quantitative estimate of drug-likeness (QED) is 0.849. The summed E-state index contributed by atoms with van der Waals surface area (Å²) >= 11 is 0. The van der Waals surface area contributed by atoms with Gasteiger partial charge in [-0.25, -0.2) is 13.6 Å². The standard InChI is InChI=1S/C12H12F2O3/c13-12(14,8-4-2-1-3-5-8)11(6-7-11)9(15)10(16)17/h1-5,9,15H,6-7H2,(H,16,17). The van der Waals surface area contributed by atoms with Crippen LogP contribution in [0.25, 0.3) is 0 Å². The fourth-order valence-electron chi connectivity index (χ4n) is 2.07. The zero-order valence-corrected chi connectivity index (χ0v) is 8.94. The van der Waals surface area contributed by atoms with Crippen LogP contribution in [0, 0.1) is 5.41 Å². The molecule has 1 aromatic rings. The van der Waals surface area contributed by atoms with E-state index in [2.05, 4.69) is 0 Å². The first-order valence-electron chi connectivity index (χ1n) is 5.26. The van der Waals surface area contributed by atoms with Crippen molar-refractivity contribution in [2.75, 3.05) is 0 Å². The third kappa shape index (κ3) is 1.70. The summed E-state index contributed by atoms with van der Waals surface area (Å²) in [6.07, 6.45) is -2.00. The summed E-state index contributed by atoms with van der Waals surface area (Å²) in [5.41, 5.74) is -2.10. The van der Waals surface area contributed by atoms with Crippen LogP contribution >= 0.6 is 0 Å². The van der Waals surface area contributed by atoms with Gasteiger partial charge in [-0.1, -0.05) is 30.3 Å². The minimum atomic E-state index is -3.33. The lowest BCUT2D eigenvalue weighted by Gasteiger charge is -2.29. The van der Waals surface area contributed by atoms with E-state index in [9.17, 15) is 18.7 Å². The first-order valence-corrected chi connectivity index (χ1v) is 5.26. The highest BCUT2D eigenvalue weighted by atomic mass is 19.3. The van der Waals surface area contributed by atoms with Crippen molar-refractivity contribution in [1.82, 2.24) is 0 Å². The molecule has 5 heteroatoms. The van der Waals surface area contributed by atoms with Gasteiger partial charge in [0, 0.05) is 5.56 Å². The van der Waals surface area contributed by atoms with E-state index in [0.29, 0.717) is 0 Å². The van der Waals surface area contributed by atoms with E-state index in [0.717, 1.165) is 0 Å². The Kier molecular flexibility index (Phi) is 2.66. The first-order chi connectivity index (χ1) is 7.92. The predicted octanol–water partition coefficient (Wildman–Crippen LogP) is 2.00. The lowest BCUT2D eigenvalue weighted by atomic mass is 9.86. The van der Waals surface area contributed by atoms with E-state index in [1.807, 2.05) is 0 Å². The molecule has 3 nitrogen and oxygen atoms in total. The number of carboxylic acid groups (broad SMARTS) is 1. The van der Waals surface area contributed by atoms with Crippen LogP contribution in [0.4, 0.5) is 8.78 Å². The van der Waals surface area contributed by atoms with Crippen molar-refractivity contribution in [2.45, 2.75) is 24.9 Å². The number of hydrogen-bond donors (Lipinski definition) is 2. The van der Waals surface area contributed by atoms with E-state index in [-0.39, 0.29) is 18.4 Å². The SMILES string of the molecule is O=C(O)C(O)C1(C(F)(F)c2ccccc2)CC1. The Morgan fingerprint density at radius 3 is 2.24 bits per heavy atom. The molecule has 2 rings (SSSR count). The average molecular weight is 242 g/mol. The molecular weight excluding hydrogens is 230 g/mol. The smallest absolute Gasteiger partial charge is 0.333 e. The van der Waals surface area contributed by atoms with Gasteiger partial charge in [0.1, 0.15) is 0 Å². The molecule has 0 saturated heterocycles. The van der Waals surface area contributed by atoms with Crippen molar-refractivity contribution in [1.29, 1.82) is 0 Å². The maximum Gasteiger partial charge on any atom is 0.333 e. The molecule has 92 valence electrons. The highest BCUT2D eigenvalue weighted by Gasteiger charge is 2.68. The molecule has 0 aliphatic heterocycles. The van der Waals surface area contributed by atoms with Gasteiger partial charge in [-0.2, -0.15) is 0 Å². The van der Waals surface area contributed by atoms with E-state index >= 15 is 0 Å². The van der Waals surface area contributed by atoms with Crippen LogP contribution in [0.3, 0.4) is 0 Å². The van der Waals surface area contributed by atoms with Crippen molar-refractivity contribution in [3.8, 4) is 0 Å². The number of carboxylic acids is 1. The molecule has 1 saturated carbocycles. The van der Waals surface area contributed by atoms with Gasteiger partial charge in [-0.05, 0) is 12.8 Å². The molecule has 1 aliphatic carbocycles. The van der Waals surface area contributed by atoms with E-state index in [4.69, 9.17) is 5.11 Å². The maximum atomic E-state index is 14.2. The van der Waals surface area contributed by atoms with Crippen LogP contribution < -0.4 is 0 Å². The fraction of sp³-hybridized carbons (Fsp3) is 0.417. The number of aliphatic hydroxyl groups excluding tert-OH is 1. The van der Waals surface area contributed by atoms with Crippen molar-refractivity contribution in [3.05, 3.63) is 35.9 Å². The van der Waals surface area contributed by atoms with Gasteiger partial charge in [0.05, 0.1) is 5.41 Å². The Hall–Kier alpha value is -1.49. The lowest BCUT2D eigenvalue weighted by Crippen LogP contribution is -2.42. The van der Waals surface area contributed by atoms with Crippen LogP contribution in [0.15, 0.2) is 30.3 Å². The maximum absolute atomic E-state index is 14.2. The van der Waals surface area contributed by atoms with E-state index in [1.54, 1.807) is 6.07 Å². The molecule has 1 atom stereocenters. The highest BCUT2D eigenvalue weighted by Crippen LogP contribution is 2.63. The van der Waals surface area contributed by atoms with Gasteiger partial charge in [-0.15, -0.1) is 0 Å². The van der Waals surface area contributed by atoms with Crippen LogP contribution in [0.1, 0.15) is 18.4 Å². The van der Waals surface area contributed by atoms with Gasteiger partial charge < -0.3 is 10.2 Å². The van der Waals surface area contributed by atoms with Gasteiger partial charge in [0.25, 0.3) is 5.92 Å². The predicted molar refractivity (Wildman–Crippen MR) is 55.6 cm³/mol. The molecule has 0 heterocycles. The van der Waals surface area contributed by atoms with Gasteiger partial charge in [-0.3, -0.25) is 0 Å². The summed E-state index contributed by atoms with van der Waals surface area (Å²) < 4.78 is 28.4. The van der Waals surface area contributed by atoms with Gasteiger partial charge in [0.15, 0.2) is 6.10 Å². The number of aliphatic hydroxyl groups is 1. The monoisotopic (exact) mass is 242 g/mol. The second-order valence-electron chi connectivity index (χ2n) is 4.34. The van der Waals surface area contributed by atoms with Crippen molar-refractivity contribution < 1.29 is 23.8 Å².